The van der Waals surface area contributed by atoms with Gasteiger partial charge in [-0.25, -0.2) is 8.78 Å². The monoisotopic (exact) mass is 162 g/mol. The van der Waals surface area contributed by atoms with E-state index in [2.05, 4.69) is 0 Å². The molecule has 0 aromatic carbocycles. The SMILES string of the molecule is OC1(CC2CC(F)(F)C2)CC1. The van der Waals surface area contributed by atoms with Crippen LogP contribution in [0.5, 0.6) is 0 Å². The molecule has 64 valence electrons. The highest BCUT2D eigenvalue weighted by atomic mass is 19.3. The van der Waals surface area contributed by atoms with Gasteiger partial charge in [0, 0.05) is 12.8 Å². The molecule has 0 atom stereocenters. The lowest BCUT2D eigenvalue weighted by molar-refractivity contribution is -0.120. The zero-order valence-corrected chi connectivity index (χ0v) is 6.32. The van der Waals surface area contributed by atoms with E-state index in [1.165, 1.54) is 0 Å². The van der Waals surface area contributed by atoms with Crippen LogP contribution >= 0.6 is 0 Å². The van der Waals surface area contributed by atoms with Crippen molar-refractivity contribution in [3.05, 3.63) is 0 Å². The molecule has 0 bridgehead atoms. The molecule has 2 aliphatic carbocycles. The average Bonchev–Trinajstić information content (AvgIpc) is 2.42. The van der Waals surface area contributed by atoms with E-state index in [-0.39, 0.29) is 18.8 Å². The Kier molecular flexibility index (Phi) is 1.32. The number of rotatable bonds is 2. The highest BCUT2D eigenvalue weighted by Gasteiger charge is 2.51. The molecule has 11 heavy (non-hydrogen) atoms. The summed E-state index contributed by atoms with van der Waals surface area (Å²) in [6.07, 6.45) is 2.22. The maximum atomic E-state index is 12.3. The van der Waals surface area contributed by atoms with E-state index < -0.39 is 11.5 Å². The molecule has 0 amide bonds. The van der Waals surface area contributed by atoms with Gasteiger partial charge in [0.2, 0.25) is 5.92 Å². The van der Waals surface area contributed by atoms with E-state index in [1.807, 2.05) is 0 Å². The van der Waals surface area contributed by atoms with Crippen LogP contribution in [0.15, 0.2) is 0 Å². The van der Waals surface area contributed by atoms with Crippen LogP contribution in [0.25, 0.3) is 0 Å². The van der Waals surface area contributed by atoms with E-state index in [9.17, 15) is 13.9 Å². The third-order valence-corrected chi connectivity index (χ3v) is 2.67. The Labute approximate surface area is 64.4 Å². The van der Waals surface area contributed by atoms with E-state index in [4.69, 9.17) is 0 Å². The molecule has 2 aliphatic rings. The fraction of sp³-hybridized carbons (Fsp3) is 1.00. The molecule has 0 radical (unpaired) electrons. The van der Waals surface area contributed by atoms with Gasteiger partial charge >= 0.3 is 0 Å². The lowest BCUT2D eigenvalue weighted by Crippen LogP contribution is -2.37. The second-order valence-electron chi connectivity index (χ2n) is 4.06. The van der Waals surface area contributed by atoms with Crippen molar-refractivity contribution in [3.63, 3.8) is 0 Å². The number of halogens is 2. The van der Waals surface area contributed by atoms with E-state index in [1.54, 1.807) is 0 Å². The first kappa shape index (κ1) is 7.47. The van der Waals surface area contributed by atoms with Gasteiger partial charge in [-0.1, -0.05) is 0 Å². The van der Waals surface area contributed by atoms with Crippen molar-refractivity contribution in [2.75, 3.05) is 0 Å². The van der Waals surface area contributed by atoms with Crippen LogP contribution in [0.4, 0.5) is 8.78 Å². The molecule has 0 aromatic heterocycles. The number of aliphatic hydroxyl groups is 1. The summed E-state index contributed by atoms with van der Waals surface area (Å²) in [6, 6.07) is 0. The average molecular weight is 162 g/mol. The number of hydrogen-bond acceptors (Lipinski definition) is 1. The summed E-state index contributed by atoms with van der Waals surface area (Å²) in [5.41, 5.74) is -0.541. The normalized spacial score (nSPS) is 33.0. The lowest BCUT2D eigenvalue weighted by Gasteiger charge is -2.36. The molecule has 0 spiro atoms. The van der Waals surface area contributed by atoms with E-state index in [0.29, 0.717) is 6.42 Å². The molecule has 1 nitrogen and oxygen atoms in total. The fourth-order valence-corrected chi connectivity index (χ4v) is 1.81. The summed E-state index contributed by atoms with van der Waals surface area (Å²) in [7, 11) is 0. The van der Waals surface area contributed by atoms with Crippen molar-refractivity contribution in [1.29, 1.82) is 0 Å². The van der Waals surface area contributed by atoms with Crippen molar-refractivity contribution < 1.29 is 13.9 Å². The fourth-order valence-electron chi connectivity index (χ4n) is 1.81. The van der Waals surface area contributed by atoms with E-state index in [0.717, 1.165) is 12.8 Å². The Balaban J connectivity index is 1.75. The van der Waals surface area contributed by atoms with Crippen molar-refractivity contribution in [3.8, 4) is 0 Å². The van der Waals surface area contributed by atoms with Crippen LogP contribution in [0.2, 0.25) is 0 Å². The zero-order chi connectivity index (χ0) is 8.11. The molecule has 1 N–H and O–H groups in total. The van der Waals surface area contributed by atoms with Crippen LogP contribution in [0.3, 0.4) is 0 Å². The summed E-state index contributed by atoms with van der Waals surface area (Å²) >= 11 is 0. The van der Waals surface area contributed by atoms with Gasteiger partial charge in [0.25, 0.3) is 0 Å². The van der Waals surface area contributed by atoms with Crippen molar-refractivity contribution in [2.45, 2.75) is 43.6 Å². The molecule has 2 rings (SSSR count). The van der Waals surface area contributed by atoms with E-state index >= 15 is 0 Å². The molecular weight excluding hydrogens is 150 g/mol. The first-order valence-electron chi connectivity index (χ1n) is 4.09. The highest BCUT2D eigenvalue weighted by molar-refractivity contribution is 4.99. The summed E-state index contributed by atoms with van der Waals surface area (Å²) in [5.74, 6) is -2.34. The second kappa shape index (κ2) is 1.94. The maximum absolute atomic E-state index is 12.3. The van der Waals surface area contributed by atoms with Gasteiger partial charge in [-0.05, 0) is 25.2 Å². The number of alkyl halides is 2. The lowest BCUT2D eigenvalue weighted by atomic mass is 9.77. The van der Waals surface area contributed by atoms with Crippen LogP contribution in [0.1, 0.15) is 32.1 Å². The Morgan fingerprint density at radius 1 is 1.27 bits per heavy atom. The largest absolute Gasteiger partial charge is 0.390 e. The van der Waals surface area contributed by atoms with Crippen LogP contribution in [-0.4, -0.2) is 16.6 Å². The molecule has 0 aliphatic heterocycles. The molecule has 3 heteroatoms. The summed E-state index contributed by atoms with van der Waals surface area (Å²) in [6.45, 7) is 0. The predicted octanol–water partition coefficient (Wildman–Crippen LogP) is 1.95. The molecule has 0 heterocycles. The van der Waals surface area contributed by atoms with Gasteiger partial charge in [-0.2, -0.15) is 0 Å². The van der Waals surface area contributed by atoms with Crippen molar-refractivity contribution in [2.24, 2.45) is 5.92 Å². The minimum atomic E-state index is -2.42. The Morgan fingerprint density at radius 2 is 1.82 bits per heavy atom. The molecule has 2 saturated carbocycles. The summed E-state index contributed by atoms with van der Waals surface area (Å²) in [4.78, 5) is 0. The minimum absolute atomic E-state index is 0.00465. The topological polar surface area (TPSA) is 20.2 Å². The smallest absolute Gasteiger partial charge is 0.248 e. The zero-order valence-electron chi connectivity index (χ0n) is 6.32. The first-order valence-corrected chi connectivity index (χ1v) is 4.09. The van der Waals surface area contributed by atoms with Gasteiger partial charge in [-0.15, -0.1) is 0 Å². The predicted molar refractivity (Wildman–Crippen MR) is 36.5 cm³/mol. The summed E-state index contributed by atoms with van der Waals surface area (Å²) < 4.78 is 24.6. The van der Waals surface area contributed by atoms with Crippen molar-refractivity contribution in [1.82, 2.24) is 0 Å². The van der Waals surface area contributed by atoms with Crippen LogP contribution in [-0.2, 0) is 0 Å². The molecule has 2 fully saturated rings. The first-order chi connectivity index (χ1) is 4.99. The quantitative estimate of drug-likeness (QED) is 0.658. The van der Waals surface area contributed by atoms with Gasteiger partial charge in [-0.3, -0.25) is 0 Å². The Bertz CT molecular complexity index is 167. The molecule has 0 aromatic rings. The van der Waals surface area contributed by atoms with Gasteiger partial charge < -0.3 is 5.11 Å². The molecule has 0 unspecified atom stereocenters. The molecule has 0 saturated heterocycles. The second-order valence-corrected chi connectivity index (χ2v) is 4.06. The van der Waals surface area contributed by atoms with Crippen LogP contribution < -0.4 is 0 Å². The third kappa shape index (κ3) is 1.53. The Hall–Kier alpha value is -0.180. The highest BCUT2D eigenvalue weighted by Crippen LogP contribution is 2.50. The standard InChI is InChI=1S/C8H12F2O/c9-8(10)4-6(5-8)3-7(11)1-2-7/h6,11H,1-5H2. The van der Waals surface area contributed by atoms with Gasteiger partial charge in [0.15, 0.2) is 0 Å². The van der Waals surface area contributed by atoms with Crippen LogP contribution in [0, 0.1) is 5.92 Å². The minimum Gasteiger partial charge on any atom is -0.390 e. The summed E-state index contributed by atoms with van der Waals surface area (Å²) in [5, 5.41) is 9.39. The number of hydrogen-bond donors (Lipinski definition) is 1. The van der Waals surface area contributed by atoms with Gasteiger partial charge in [0.05, 0.1) is 5.60 Å². The third-order valence-electron chi connectivity index (χ3n) is 2.67. The Morgan fingerprint density at radius 3 is 2.18 bits per heavy atom. The molecular formula is C8H12F2O. The van der Waals surface area contributed by atoms with Gasteiger partial charge in [0.1, 0.15) is 0 Å². The maximum Gasteiger partial charge on any atom is 0.248 e. The van der Waals surface area contributed by atoms with Crippen molar-refractivity contribution >= 4 is 0 Å².